The Labute approximate surface area is 154 Å². The van der Waals surface area contributed by atoms with E-state index in [0.717, 1.165) is 22.9 Å². The largest absolute Gasteiger partial charge is 0.756 e. The van der Waals surface area contributed by atoms with Crippen LogP contribution in [0.2, 0.25) is 0 Å². The quantitative estimate of drug-likeness (QED) is 0.436. The molecule has 1 atom stereocenters. The second-order valence-electron chi connectivity index (χ2n) is 6.48. The minimum Gasteiger partial charge on any atom is -0.756 e. The third kappa shape index (κ3) is 7.34. The highest BCUT2D eigenvalue weighted by Gasteiger charge is 2.11. The molecule has 0 radical (unpaired) electrons. The standard InChI is InChI=1S/C19H26NO5P/c1-15(2)25-26(22,23)24-11-7-3-4-10-19(21)13-18-12-16-8-5-6-9-17(16)14-20-18/h5-6,8-9,12,14-15H,3-4,7,10-11,13H2,1-2H3,(H,22,23)/p-1. The van der Waals surface area contributed by atoms with Crippen LogP contribution in [-0.4, -0.2) is 23.5 Å². The number of phosphoric ester groups is 1. The maximum absolute atomic E-state index is 12.1. The van der Waals surface area contributed by atoms with Crippen LogP contribution in [0.4, 0.5) is 0 Å². The number of benzene rings is 1. The molecule has 0 amide bonds. The first-order chi connectivity index (χ1) is 12.4. The van der Waals surface area contributed by atoms with Crippen molar-refractivity contribution in [2.24, 2.45) is 0 Å². The van der Waals surface area contributed by atoms with Crippen LogP contribution < -0.4 is 4.89 Å². The predicted molar refractivity (Wildman–Crippen MR) is 98.7 cm³/mol. The normalized spacial score (nSPS) is 13.8. The SMILES string of the molecule is CC(C)OP(=O)([O-])OCCCCCC(=O)Cc1cc2ccccc2cn1. The number of fused-ring (bicyclic) bond motifs is 1. The van der Waals surface area contributed by atoms with Gasteiger partial charge in [-0.3, -0.25) is 14.3 Å². The molecule has 142 valence electrons. The van der Waals surface area contributed by atoms with E-state index in [1.54, 1.807) is 20.0 Å². The number of rotatable bonds is 11. The number of aromatic nitrogens is 1. The molecule has 0 aliphatic heterocycles. The Morgan fingerprint density at radius 1 is 1.19 bits per heavy atom. The fourth-order valence-corrected chi connectivity index (χ4v) is 3.51. The summed E-state index contributed by atoms with van der Waals surface area (Å²) in [6.45, 7) is 3.34. The lowest BCUT2D eigenvalue weighted by Gasteiger charge is -2.24. The molecule has 0 bridgehead atoms. The van der Waals surface area contributed by atoms with Gasteiger partial charge >= 0.3 is 0 Å². The number of pyridine rings is 1. The Morgan fingerprint density at radius 2 is 1.92 bits per heavy atom. The fraction of sp³-hybridized carbons (Fsp3) is 0.474. The maximum atomic E-state index is 12.1. The topological polar surface area (TPSA) is 88.5 Å². The van der Waals surface area contributed by atoms with Crippen molar-refractivity contribution in [3.05, 3.63) is 42.2 Å². The zero-order chi connectivity index (χ0) is 19.0. The molecular formula is C19H25NO5P-. The molecule has 0 spiro atoms. The molecule has 1 heterocycles. The summed E-state index contributed by atoms with van der Waals surface area (Å²) in [5, 5.41) is 2.13. The summed E-state index contributed by atoms with van der Waals surface area (Å²) in [6.07, 6.45) is 4.11. The third-order valence-corrected chi connectivity index (χ3v) is 4.93. The van der Waals surface area contributed by atoms with Crippen LogP contribution in [-0.2, 0) is 24.8 Å². The summed E-state index contributed by atoms with van der Waals surface area (Å²) in [7, 11) is -4.21. The van der Waals surface area contributed by atoms with E-state index in [1.807, 2.05) is 30.3 Å². The molecule has 2 aromatic rings. The molecule has 0 saturated heterocycles. The van der Waals surface area contributed by atoms with Gasteiger partial charge in [0, 0.05) is 30.1 Å². The molecule has 26 heavy (non-hydrogen) atoms. The maximum Gasteiger partial charge on any atom is 0.268 e. The Hall–Kier alpha value is -1.59. The monoisotopic (exact) mass is 378 g/mol. The highest BCUT2D eigenvalue weighted by atomic mass is 31.2. The van der Waals surface area contributed by atoms with Crippen LogP contribution in [0.3, 0.4) is 0 Å². The van der Waals surface area contributed by atoms with Gasteiger partial charge in [-0.05, 0) is 38.1 Å². The molecule has 0 fully saturated rings. The van der Waals surface area contributed by atoms with Gasteiger partial charge in [0.2, 0.25) is 0 Å². The minimum atomic E-state index is -4.21. The predicted octanol–water partition coefficient (Wildman–Crippen LogP) is 3.82. The highest BCUT2D eigenvalue weighted by molar-refractivity contribution is 7.45. The Bertz CT molecular complexity index is 777. The van der Waals surface area contributed by atoms with Crippen LogP contribution in [0.1, 0.15) is 45.2 Å². The average Bonchev–Trinajstić information content (AvgIpc) is 2.56. The number of carbonyl (C=O) groups is 1. The van der Waals surface area contributed by atoms with Gasteiger partial charge in [-0.1, -0.05) is 30.7 Å². The Balaban J connectivity index is 1.65. The van der Waals surface area contributed by atoms with E-state index in [1.165, 1.54) is 0 Å². The first-order valence-electron chi connectivity index (χ1n) is 8.85. The number of hydrogen-bond acceptors (Lipinski definition) is 6. The van der Waals surface area contributed by atoms with Gasteiger partial charge in [-0.25, -0.2) is 0 Å². The fourth-order valence-electron chi connectivity index (χ4n) is 2.58. The number of nitrogens with zero attached hydrogens (tertiary/aromatic N) is 1. The second kappa shape index (κ2) is 9.93. The Kier molecular flexibility index (Phi) is 7.91. The second-order valence-corrected chi connectivity index (χ2v) is 7.85. The van der Waals surface area contributed by atoms with Crippen LogP contribution in [0, 0.1) is 0 Å². The van der Waals surface area contributed by atoms with Gasteiger partial charge in [-0.15, -0.1) is 0 Å². The number of unbranched alkanes of at least 4 members (excludes halogenated alkanes) is 2. The summed E-state index contributed by atoms with van der Waals surface area (Å²) < 4.78 is 20.9. The summed E-state index contributed by atoms with van der Waals surface area (Å²) in [4.78, 5) is 27.8. The van der Waals surface area contributed by atoms with Crippen molar-refractivity contribution >= 4 is 24.4 Å². The van der Waals surface area contributed by atoms with Gasteiger partial charge < -0.3 is 13.9 Å². The van der Waals surface area contributed by atoms with Crippen molar-refractivity contribution in [2.75, 3.05) is 6.61 Å². The van der Waals surface area contributed by atoms with Crippen LogP contribution in [0.15, 0.2) is 36.5 Å². The lowest BCUT2D eigenvalue weighted by Crippen LogP contribution is -2.13. The van der Waals surface area contributed by atoms with E-state index in [2.05, 4.69) is 4.98 Å². The molecule has 0 aliphatic rings. The van der Waals surface area contributed by atoms with E-state index in [0.29, 0.717) is 25.7 Å². The van der Waals surface area contributed by atoms with Crippen molar-refractivity contribution in [1.29, 1.82) is 0 Å². The third-order valence-electron chi connectivity index (χ3n) is 3.76. The minimum absolute atomic E-state index is 0.0773. The van der Waals surface area contributed by atoms with Crippen LogP contribution in [0.5, 0.6) is 0 Å². The van der Waals surface area contributed by atoms with E-state index in [-0.39, 0.29) is 12.4 Å². The number of carbonyl (C=O) groups excluding carboxylic acids is 1. The highest BCUT2D eigenvalue weighted by Crippen LogP contribution is 2.39. The molecule has 0 N–H and O–H groups in total. The first-order valence-corrected chi connectivity index (χ1v) is 10.3. The lowest BCUT2D eigenvalue weighted by molar-refractivity contribution is -0.228. The number of Topliss-reactive ketones (excluding diaryl/α,β-unsaturated/α-hetero) is 1. The summed E-state index contributed by atoms with van der Waals surface area (Å²) in [5.41, 5.74) is 0.773. The molecule has 0 saturated carbocycles. The van der Waals surface area contributed by atoms with Gasteiger partial charge in [-0.2, -0.15) is 0 Å². The van der Waals surface area contributed by atoms with E-state index in [4.69, 9.17) is 9.05 Å². The number of phosphoric acid groups is 1. The van der Waals surface area contributed by atoms with Gasteiger partial charge in [0.05, 0.1) is 12.7 Å². The van der Waals surface area contributed by atoms with Crippen LogP contribution >= 0.6 is 7.82 Å². The van der Waals surface area contributed by atoms with Gasteiger partial charge in [0.25, 0.3) is 7.82 Å². The molecule has 0 aliphatic carbocycles. The molecule has 6 nitrogen and oxygen atoms in total. The molecule has 1 aromatic carbocycles. The number of ketones is 1. The van der Waals surface area contributed by atoms with Crippen molar-refractivity contribution in [1.82, 2.24) is 4.98 Å². The summed E-state index contributed by atoms with van der Waals surface area (Å²) in [5.74, 6) is 0.131. The zero-order valence-electron chi connectivity index (χ0n) is 15.2. The molecule has 7 heteroatoms. The van der Waals surface area contributed by atoms with Crippen LogP contribution in [0.25, 0.3) is 10.8 Å². The van der Waals surface area contributed by atoms with E-state index >= 15 is 0 Å². The van der Waals surface area contributed by atoms with Crippen molar-refractivity contribution in [3.8, 4) is 0 Å². The first kappa shape index (κ1) is 20.7. The number of hydrogen-bond donors (Lipinski definition) is 0. The van der Waals surface area contributed by atoms with Crippen molar-refractivity contribution < 1.29 is 23.3 Å². The molecule has 1 aromatic heterocycles. The lowest BCUT2D eigenvalue weighted by atomic mass is 10.1. The van der Waals surface area contributed by atoms with E-state index in [9.17, 15) is 14.3 Å². The zero-order valence-corrected chi connectivity index (χ0v) is 16.1. The van der Waals surface area contributed by atoms with Crippen molar-refractivity contribution in [3.63, 3.8) is 0 Å². The van der Waals surface area contributed by atoms with Crippen molar-refractivity contribution in [2.45, 2.75) is 52.1 Å². The molecule has 1 unspecified atom stereocenters. The average molecular weight is 378 g/mol. The van der Waals surface area contributed by atoms with Gasteiger partial charge in [0.15, 0.2) is 0 Å². The summed E-state index contributed by atoms with van der Waals surface area (Å²) >= 11 is 0. The van der Waals surface area contributed by atoms with Gasteiger partial charge in [0.1, 0.15) is 5.78 Å². The Morgan fingerprint density at radius 3 is 2.65 bits per heavy atom. The summed E-state index contributed by atoms with van der Waals surface area (Å²) in [6, 6.07) is 9.86. The molecule has 2 rings (SSSR count). The van der Waals surface area contributed by atoms with E-state index < -0.39 is 13.9 Å². The molecular weight excluding hydrogens is 353 g/mol. The smallest absolute Gasteiger partial charge is 0.268 e.